The molecule has 0 aliphatic heterocycles. The molecule has 1 amide bonds. The summed E-state index contributed by atoms with van der Waals surface area (Å²) in [4.78, 5) is 23.5. The zero-order valence-corrected chi connectivity index (χ0v) is 11.5. The number of nitrogens with one attached hydrogen (secondary N) is 1. The van der Waals surface area contributed by atoms with Crippen LogP contribution >= 0.6 is 0 Å². The van der Waals surface area contributed by atoms with Crippen molar-refractivity contribution >= 4 is 11.9 Å². The summed E-state index contributed by atoms with van der Waals surface area (Å²) in [7, 11) is 1.14. The number of rotatable bonds is 5. The third-order valence-electron chi connectivity index (χ3n) is 2.78. The van der Waals surface area contributed by atoms with Crippen molar-refractivity contribution in [3.05, 3.63) is 35.4 Å². The van der Waals surface area contributed by atoms with Gasteiger partial charge in [-0.15, -0.1) is 0 Å². The molecule has 0 aromatic heterocycles. The van der Waals surface area contributed by atoms with Crippen molar-refractivity contribution in [2.75, 3.05) is 7.11 Å². The van der Waals surface area contributed by atoms with Crippen LogP contribution in [-0.4, -0.2) is 25.0 Å². The minimum atomic E-state index is -1.08. The molecule has 7 heteroatoms. The number of nitriles is 1. The highest BCUT2D eigenvalue weighted by Crippen LogP contribution is 2.12. The van der Waals surface area contributed by atoms with E-state index >= 15 is 0 Å². The summed E-state index contributed by atoms with van der Waals surface area (Å²) >= 11 is 0. The largest absolute Gasteiger partial charge is 0.467 e. The summed E-state index contributed by atoms with van der Waals surface area (Å²) in [5.41, 5.74) is -0.394. The predicted octanol–water partition coefficient (Wildman–Crippen LogP) is 1.79. The van der Waals surface area contributed by atoms with Gasteiger partial charge in [-0.05, 0) is 25.5 Å². The molecule has 1 aromatic rings. The van der Waals surface area contributed by atoms with E-state index in [0.717, 1.165) is 19.2 Å². The lowest BCUT2D eigenvalue weighted by Gasteiger charge is -2.17. The van der Waals surface area contributed by atoms with E-state index in [0.29, 0.717) is 6.07 Å². The van der Waals surface area contributed by atoms with Crippen LogP contribution in [-0.2, 0) is 9.53 Å². The first kappa shape index (κ1) is 16.6. The van der Waals surface area contributed by atoms with Crippen LogP contribution in [0.3, 0.4) is 0 Å². The standard InChI is InChI=1S/C14H14F2N2O3/c1-8(7-17)5-12(14(20)21-2)18-13(19)10-4-3-9(15)6-11(10)16/h3-4,6,8,12H,5H2,1-2H3,(H,18,19)/t8-,12-/m0/s1. The second kappa shape index (κ2) is 7.33. The Hall–Kier alpha value is -2.49. The van der Waals surface area contributed by atoms with Crippen molar-refractivity contribution in [1.82, 2.24) is 5.32 Å². The first-order valence-electron chi connectivity index (χ1n) is 6.12. The zero-order chi connectivity index (χ0) is 16.0. The Morgan fingerprint density at radius 1 is 1.43 bits per heavy atom. The number of esters is 1. The second-order valence-electron chi connectivity index (χ2n) is 4.44. The Morgan fingerprint density at radius 2 is 2.10 bits per heavy atom. The molecule has 0 fully saturated rings. The molecule has 2 atom stereocenters. The summed E-state index contributed by atoms with van der Waals surface area (Å²) in [5, 5.41) is 11.0. The SMILES string of the molecule is COC(=O)[C@H](C[C@H](C)C#N)NC(=O)c1ccc(F)cc1F. The third-order valence-corrected chi connectivity index (χ3v) is 2.78. The molecule has 21 heavy (non-hydrogen) atoms. The van der Waals surface area contributed by atoms with Crippen LogP contribution in [0.5, 0.6) is 0 Å². The number of ether oxygens (including phenoxy) is 1. The smallest absolute Gasteiger partial charge is 0.328 e. The Labute approximate surface area is 120 Å². The van der Waals surface area contributed by atoms with Gasteiger partial charge in [0.2, 0.25) is 0 Å². The summed E-state index contributed by atoms with van der Waals surface area (Å²) in [5.74, 6) is -3.98. The van der Waals surface area contributed by atoms with Crippen LogP contribution < -0.4 is 5.32 Å². The molecule has 0 bridgehead atoms. The molecule has 0 radical (unpaired) electrons. The number of halogens is 2. The number of amides is 1. The van der Waals surface area contributed by atoms with Crippen molar-refractivity contribution in [3.63, 3.8) is 0 Å². The van der Waals surface area contributed by atoms with Gasteiger partial charge in [-0.3, -0.25) is 4.79 Å². The highest BCUT2D eigenvalue weighted by Gasteiger charge is 2.25. The molecular formula is C14H14F2N2O3. The molecule has 0 heterocycles. The maximum atomic E-state index is 13.5. The average molecular weight is 296 g/mol. The number of benzene rings is 1. The first-order valence-corrected chi connectivity index (χ1v) is 6.12. The molecule has 0 saturated heterocycles. The van der Waals surface area contributed by atoms with Gasteiger partial charge in [0.25, 0.3) is 5.91 Å². The van der Waals surface area contributed by atoms with E-state index < -0.39 is 41.0 Å². The van der Waals surface area contributed by atoms with E-state index in [1.54, 1.807) is 6.92 Å². The van der Waals surface area contributed by atoms with Crippen LogP contribution in [0.25, 0.3) is 0 Å². The van der Waals surface area contributed by atoms with Crippen LogP contribution in [0.4, 0.5) is 8.78 Å². The Kier molecular flexibility index (Phi) is 5.79. The number of nitrogens with zero attached hydrogens (tertiary/aromatic N) is 1. The zero-order valence-electron chi connectivity index (χ0n) is 11.5. The molecular weight excluding hydrogens is 282 g/mol. The van der Waals surface area contributed by atoms with Gasteiger partial charge in [-0.2, -0.15) is 5.26 Å². The highest BCUT2D eigenvalue weighted by molar-refractivity contribution is 5.97. The van der Waals surface area contributed by atoms with Gasteiger partial charge in [-0.1, -0.05) is 0 Å². The summed E-state index contributed by atoms with van der Waals surface area (Å²) < 4.78 is 30.8. The topological polar surface area (TPSA) is 79.2 Å². The minimum Gasteiger partial charge on any atom is -0.467 e. The number of carbonyl (C=O) groups is 2. The number of hydrogen-bond donors (Lipinski definition) is 1. The van der Waals surface area contributed by atoms with Crippen LogP contribution in [0.1, 0.15) is 23.7 Å². The third kappa shape index (κ3) is 4.53. The minimum absolute atomic E-state index is 0.0255. The predicted molar refractivity (Wildman–Crippen MR) is 69.0 cm³/mol. The molecule has 0 aliphatic carbocycles. The summed E-state index contributed by atoms with van der Waals surface area (Å²) in [6.07, 6.45) is 0.0255. The fourth-order valence-corrected chi connectivity index (χ4v) is 1.67. The van der Waals surface area contributed by atoms with Crippen molar-refractivity contribution in [3.8, 4) is 6.07 Å². The quantitative estimate of drug-likeness (QED) is 0.840. The van der Waals surface area contributed by atoms with Gasteiger partial charge in [-0.25, -0.2) is 13.6 Å². The lowest BCUT2D eigenvalue weighted by atomic mass is 10.0. The molecule has 0 spiro atoms. The normalized spacial score (nSPS) is 12.9. The number of carbonyl (C=O) groups excluding carboxylic acids is 2. The maximum Gasteiger partial charge on any atom is 0.328 e. The molecule has 0 aliphatic rings. The molecule has 5 nitrogen and oxygen atoms in total. The van der Waals surface area contributed by atoms with Gasteiger partial charge in [0.05, 0.1) is 18.7 Å². The van der Waals surface area contributed by atoms with Crippen LogP contribution in [0, 0.1) is 28.9 Å². The van der Waals surface area contributed by atoms with E-state index in [1.165, 1.54) is 0 Å². The van der Waals surface area contributed by atoms with Crippen molar-refractivity contribution in [2.45, 2.75) is 19.4 Å². The average Bonchev–Trinajstić information content (AvgIpc) is 2.45. The van der Waals surface area contributed by atoms with Crippen molar-refractivity contribution in [1.29, 1.82) is 5.26 Å². The molecule has 0 unspecified atom stereocenters. The first-order chi connectivity index (χ1) is 9.88. The molecule has 1 aromatic carbocycles. The van der Waals surface area contributed by atoms with Gasteiger partial charge in [0.1, 0.15) is 17.7 Å². The lowest BCUT2D eigenvalue weighted by molar-refractivity contribution is -0.143. The van der Waals surface area contributed by atoms with E-state index in [1.807, 2.05) is 6.07 Å². The molecule has 112 valence electrons. The fraction of sp³-hybridized carbons (Fsp3) is 0.357. The van der Waals surface area contributed by atoms with E-state index in [-0.39, 0.29) is 6.42 Å². The van der Waals surface area contributed by atoms with Gasteiger partial charge in [0, 0.05) is 12.0 Å². The van der Waals surface area contributed by atoms with E-state index in [2.05, 4.69) is 10.1 Å². The summed E-state index contributed by atoms with van der Waals surface area (Å²) in [6.45, 7) is 1.57. The molecule has 0 saturated carbocycles. The highest BCUT2D eigenvalue weighted by atomic mass is 19.1. The van der Waals surface area contributed by atoms with Gasteiger partial charge in [0.15, 0.2) is 0 Å². The maximum absolute atomic E-state index is 13.5. The second-order valence-corrected chi connectivity index (χ2v) is 4.44. The number of hydrogen-bond acceptors (Lipinski definition) is 4. The van der Waals surface area contributed by atoms with Crippen molar-refractivity contribution < 1.29 is 23.1 Å². The lowest BCUT2D eigenvalue weighted by Crippen LogP contribution is -2.42. The molecule has 1 rings (SSSR count). The molecule has 1 N–H and O–H groups in total. The van der Waals surface area contributed by atoms with Crippen LogP contribution in [0.2, 0.25) is 0 Å². The monoisotopic (exact) mass is 296 g/mol. The Bertz CT molecular complexity index is 584. The fourth-order valence-electron chi connectivity index (χ4n) is 1.67. The van der Waals surface area contributed by atoms with Crippen LogP contribution in [0.15, 0.2) is 18.2 Å². The van der Waals surface area contributed by atoms with Crippen molar-refractivity contribution in [2.24, 2.45) is 5.92 Å². The van der Waals surface area contributed by atoms with E-state index in [9.17, 15) is 18.4 Å². The number of methoxy groups -OCH3 is 1. The van der Waals surface area contributed by atoms with Gasteiger partial charge < -0.3 is 10.1 Å². The Morgan fingerprint density at radius 3 is 2.62 bits per heavy atom. The Balaban J connectivity index is 2.90. The van der Waals surface area contributed by atoms with E-state index in [4.69, 9.17) is 5.26 Å². The summed E-state index contributed by atoms with van der Waals surface area (Å²) in [6, 6.07) is 3.32. The van der Waals surface area contributed by atoms with Gasteiger partial charge >= 0.3 is 5.97 Å².